The molecule has 0 aliphatic heterocycles. The standard InChI is InChI=1S/C16H28N4O2S.HI/c1-5-17-14(18-9-8-13-7-6-12-23-13)19-10-11-20-15(21)22-16(2,3)4;/h6-7,12H,5,8-11H2,1-4H3,(H,20,21)(H2,17,18,19);1H. The zero-order chi connectivity index (χ0) is 17.1. The van der Waals surface area contributed by atoms with Gasteiger partial charge in [0.05, 0.1) is 0 Å². The van der Waals surface area contributed by atoms with Gasteiger partial charge in [0, 0.05) is 37.5 Å². The Hall–Kier alpha value is -1.03. The van der Waals surface area contributed by atoms with E-state index < -0.39 is 11.7 Å². The van der Waals surface area contributed by atoms with E-state index >= 15 is 0 Å². The van der Waals surface area contributed by atoms with Crippen LogP contribution in [0.3, 0.4) is 0 Å². The largest absolute Gasteiger partial charge is 0.444 e. The summed E-state index contributed by atoms with van der Waals surface area (Å²) in [6, 6.07) is 4.17. The van der Waals surface area contributed by atoms with Gasteiger partial charge in [0.25, 0.3) is 0 Å². The van der Waals surface area contributed by atoms with Gasteiger partial charge in [-0.2, -0.15) is 0 Å². The van der Waals surface area contributed by atoms with E-state index in [1.807, 2.05) is 27.7 Å². The highest BCUT2D eigenvalue weighted by Gasteiger charge is 2.15. The molecule has 6 nitrogen and oxygen atoms in total. The molecule has 1 aromatic heterocycles. The molecule has 24 heavy (non-hydrogen) atoms. The number of amides is 1. The Labute approximate surface area is 165 Å². The number of aliphatic imine (C=N–C) groups is 1. The second kappa shape index (κ2) is 12.3. The van der Waals surface area contributed by atoms with Gasteiger partial charge >= 0.3 is 6.09 Å². The van der Waals surface area contributed by atoms with Crippen LogP contribution in [0.2, 0.25) is 0 Å². The molecule has 1 amide bonds. The van der Waals surface area contributed by atoms with Gasteiger partial charge in [-0.3, -0.25) is 4.99 Å². The molecular formula is C16H29IN4O2S. The number of carbonyl (C=O) groups is 1. The molecule has 1 rings (SSSR count). The summed E-state index contributed by atoms with van der Waals surface area (Å²) < 4.78 is 5.18. The molecule has 0 atom stereocenters. The first kappa shape index (κ1) is 23.0. The van der Waals surface area contributed by atoms with Crippen molar-refractivity contribution in [3.63, 3.8) is 0 Å². The Balaban J connectivity index is 0.00000529. The molecule has 0 saturated carbocycles. The third-order valence-electron chi connectivity index (χ3n) is 2.64. The first-order valence-corrected chi connectivity index (χ1v) is 8.80. The molecule has 0 aliphatic rings. The van der Waals surface area contributed by atoms with Crippen LogP contribution in [0.15, 0.2) is 22.5 Å². The third-order valence-corrected chi connectivity index (χ3v) is 3.57. The SMILES string of the molecule is CCNC(=NCCc1cccs1)NCCNC(=O)OC(C)(C)C.I. The van der Waals surface area contributed by atoms with Crippen LogP contribution in [0.5, 0.6) is 0 Å². The van der Waals surface area contributed by atoms with Gasteiger partial charge < -0.3 is 20.7 Å². The van der Waals surface area contributed by atoms with E-state index in [4.69, 9.17) is 4.74 Å². The maximum absolute atomic E-state index is 11.5. The molecule has 3 N–H and O–H groups in total. The quantitative estimate of drug-likeness (QED) is 0.249. The van der Waals surface area contributed by atoms with Gasteiger partial charge in [-0.1, -0.05) is 6.07 Å². The number of ether oxygens (including phenoxy) is 1. The van der Waals surface area contributed by atoms with Crippen molar-refractivity contribution >= 4 is 47.4 Å². The van der Waals surface area contributed by atoms with Crippen molar-refractivity contribution in [1.82, 2.24) is 16.0 Å². The number of guanidine groups is 1. The fourth-order valence-corrected chi connectivity index (χ4v) is 2.43. The molecule has 0 saturated heterocycles. The smallest absolute Gasteiger partial charge is 0.407 e. The lowest BCUT2D eigenvalue weighted by atomic mass is 10.2. The highest BCUT2D eigenvalue weighted by atomic mass is 127. The van der Waals surface area contributed by atoms with E-state index in [0.29, 0.717) is 13.1 Å². The minimum absolute atomic E-state index is 0. The van der Waals surface area contributed by atoms with E-state index in [1.165, 1.54) is 4.88 Å². The van der Waals surface area contributed by atoms with E-state index in [2.05, 4.69) is 38.5 Å². The predicted octanol–water partition coefficient (Wildman–Crippen LogP) is 2.99. The number of alkyl carbamates (subject to hydrolysis) is 1. The summed E-state index contributed by atoms with van der Waals surface area (Å²) in [5.74, 6) is 0.759. The van der Waals surface area contributed by atoms with Gasteiger partial charge in [-0.15, -0.1) is 35.3 Å². The second-order valence-corrected chi connectivity index (χ2v) is 6.98. The third kappa shape index (κ3) is 11.5. The number of halogens is 1. The fraction of sp³-hybridized carbons (Fsp3) is 0.625. The maximum Gasteiger partial charge on any atom is 0.407 e. The molecule has 0 aromatic carbocycles. The Kier molecular flexibility index (Phi) is 11.8. The van der Waals surface area contributed by atoms with Gasteiger partial charge in [-0.05, 0) is 39.1 Å². The Morgan fingerprint density at radius 3 is 2.54 bits per heavy atom. The topological polar surface area (TPSA) is 74.8 Å². The minimum atomic E-state index is -0.476. The monoisotopic (exact) mass is 468 g/mol. The number of rotatable bonds is 7. The number of carbonyl (C=O) groups excluding carboxylic acids is 1. The predicted molar refractivity (Wildman–Crippen MR) is 112 cm³/mol. The minimum Gasteiger partial charge on any atom is -0.444 e. The fourth-order valence-electron chi connectivity index (χ4n) is 1.73. The van der Waals surface area contributed by atoms with Crippen molar-refractivity contribution in [2.75, 3.05) is 26.2 Å². The van der Waals surface area contributed by atoms with Gasteiger partial charge in [0.1, 0.15) is 5.60 Å². The van der Waals surface area contributed by atoms with Crippen LogP contribution in [-0.2, 0) is 11.2 Å². The van der Waals surface area contributed by atoms with Gasteiger partial charge in [0.15, 0.2) is 5.96 Å². The summed E-state index contributed by atoms with van der Waals surface area (Å²) in [4.78, 5) is 17.4. The first-order valence-electron chi connectivity index (χ1n) is 7.92. The van der Waals surface area contributed by atoms with Crippen LogP contribution in [0.4, 0.5) is 4.79 Å². The summed E-state index contributed by atoms with van der Waals surface area (Å²) in [6.45, 7) is 10.1. The lowest BCUT2D eigenvalue weighted by molar-refractivity contribution is 0.0529. The van der Waals surface area contributed by atoms with Crippen LogP contribution in [0.25, 0.3) is 0 Å². The normalized spacial score (nSPS) is 11.4. The van der Waals surface area contributed by atoms with Crippen LogP contribution >= 0.6 is 35.3 Å². The summed E-state index contributed by atoms with van der Waals surface area (Å²) in [5, 5.41) is 11.2. The number of nitrogens with one attached hydrogen (secondary N) is 3. The van der Waals surface area contributed by atoms with Crippen molar-refractivity contribution in [3.8, 4) is 0 Å². The van der Waals surface area contributed by atoms with E-state index in [1.54, 1.807) is 11.3 Å². The second-order valence-electron chi connectivity index (χ2n) is 5.95. The van der Waals surface area contributed by atoms with Gasteiger partial charge in [-0.25, -0.2) is 4.79 Å². The Morgan fingerprint density at radius 2 is 1.96 bits per heavy atom. The van der Waals surface area contributed by atoms with Crippen molar-refractivity contribution in [1.29, 1.82) is 0 Å². The molecule has 1 aromatic rings. The van der Waals surface area contributed by atoms with E-state index in [0.717, 1.165) is 25.5 Å². The first-order chi connectivity index (χ1) is 10.9. The molecule has 0 aliphatic carbocycles. The van der Waals surface area contributed by atoms with Crippen LogP contribution in [-0.4, -0.2) is 43.8 Å². The summed E-state index contributed by atoms with van der Waals surface area (Å²) in [5.41, 5.74) is -0.476. The van der Waals surface area contributed by atoms with Crippen molar-refractivity contribution in [2.24, 2.45) is 4.99 Å². The van der Waals surface area contributed by atoms with Crippen molar-refractivity contribution in [2.45, 2.75) is 39.7 Å². The molecule has 0 fully saturated rings. The molecular weight excluding hydrogens is 439 g/mol. The number of hydrogen-bond acceptors (Lipinski definition) is 4. The lowest BCUT2D eigenvalue weighted by Gasteiger charge is -2.19. The zero-order valence-corrected chi connectivity index (χ0v) is 18.0. The average molecular weight is 468 g/mol. The van der Waals surface area contributed by atoms with E-state index in [-0.39, 0.29) is 24.0 Å². The summed E-state index contributed by atoms with van der Waals surface area (Å²) in [6.07, 6.45) is 0.531. The lowest BCUT2D eigenvalue weighted by Crippen LogP contribution is -2.42. The zero-order valence-electron chi connectivity index (χ0n) is 14.8. The number of nitrogens with zero attached hydrogens (tertiary/aromatic N) is 1. The Morgan fingerprint density at radius 1 is 1.25 bits per heavy atom. The average Bonchev–Trinajstić information content (AvgIpc) is 2.94. The number of thiophene rings is 1. The molecule has 0 spiro atoms. The van der Waals surface area contributed by atoms with Crippen LogP contribution in [0.1, 0.15) is 32.6 Å². The molecule has 0 radical (unpaired) electrons. The van der Waals surface area contributed by atoms with Crippen molar-refractivity contribution in [3.05, 3.63) is 22.4 Å². The number of hydrogen-bond donors (Lipinski definition) is 3. The molecule has 1 heterocycles. The van der Waals surface area contributed by atoms with Crippen LogP contribution < -0.4 is 16.0 Å². The summed E-state index contributed by atoms with van der Waals surface area (Å²) in [7, 11) is 0. The Bertz CT molecular complexity index is 487. The molecule has 138 valence electrons. The molecule has 0 unspecified atom stereocenters. The highest BCUT2D eigenvalue weighted by molar-refractivity contribution is 14.0. The highest BCUT2D eigenvalue weighted by Crippen LogP contribution is 2.08. The van der Waals surface area contributed by atoms with Crippen molar-refractivity contribution < 1.29 is 9.53 Å². The molecule has 0 bridgehead atoms. The van der Waals surface area contributed by atoms with Crippen LogP contribution in [0, 0.1) is 0 Å². The van der Waals surface area contributed by atoms with E-state index in [9.17, 15) is 4.79 Å². The van der Waals surface area contributed by atoms with Gasteiger partial charge in [0.2, 0.25) is 0 Å². The summed E-state index contributed by atoms with van der Waals surface area (Å²) >= 11 is 1.75. The molecule has 8 heteroatoms. The maximum atomic E-state index is 11.5.